The van der Waals surface area contributed by atoms with Crippen LogP contribution in [0.25, 0.3) is 0 Å². The molecule has 0 aliphatic carbocycles. The lowest BCUT2D eigenvalue weighted by molar-refractivity contribution is -0.138. The quantitative estimate of drug-likeness (QED) is 0.833. The molecule has 1 rings (SSSR count). The molecule has 86 valence electrons. The van der Waals surface area contributed by atoms with Crippen LogP contribution in [-0.4, -0.2) is 28.0 Å². The summed E-state index contributed by atoms with van der Waals surface area (Å²) in [6.45, 7) is 1.36. The van der Waals surface area contributed by atoms with E-state index >= 15 is 0 Å². The predicted octanol–water partition coefficient (Wildman–Crippen LogP) is 1.70. The van der Waals surface area contributed by atoms with Crippen molar-refractivity contribution in [2.75, 3.05) is 0 Å². The molecular weight excluding hydrogens is 299 g/mol. The molecule has 0 aliphatic rings. The van der Waals surface area contributed by atoms with Crippen molar-refractivity contribution in [2.24, 2.45) is 0 Å². The van der Waals surface area contributed by atoms with Crippen LogP contribution in [0, 0.1) is 0 Å². The summed E-state index contributed by atoms with van der Waals surface area (Å²) in [4.78, 5) is 25.9. The van der Waals surface area contributed by atoms with Crippen molar-refractivity contribution in [3.63, 3.8) is 0 Å². The summed E-state index contributed by atoms with van der Waals surface area (Å²) in [6.07, 6.45) is 1.44. The van der Waals surface area contributed by atoms with Gasteiger partial charge in [-0.25, -0.2) is 4.98 Å². The van der Waals surface area contributed by atoms with E-state index in [1.807, 2.05) is 0 Å². The van der Waals surface area contributed by atoms with Gasteiger partial charge in [-0.15, -0.1) is 0 Å². The molecule has 5 nitrogen and oxygen atoms in total. The minimum Gasteiger partial charge on any atom is -0.480 e. The first kappa shape index (κ1) is 12.9. The summed E-state index contributed by atoms with van der Waals surface area (Å²) in [5.74, 6) is -1.69. The number of carbonyl (C=O) groups excluding carboxylic acids is 1. The normalized spacial score (nSPS) is 11.9. The zero-order valence-corrected chi connectivity index (χ0v) is 10.5. The van der Waals surface area contributed by atoms with E-state index in [2.05, 4.69) is 26.2 Å². The van der Waals surface area contributed by atoms with E-state index in [9.17, 15) is 9.59 Å². The van der Waals surface area contributed by atoms with Gasteiger partial charge >= 0.3 is 5.97 Å². The Bertz CT molecular complexity index is 439. The van der Waals surface area contributed by atoms with Gasteiger partial charge in [0, 0.05) is 10.7 Å². The van der Waals surface area contributed by atoms with Gasteiger partial charge in [0.1, 0.15) is 11.2 Å². The van der Waals surface area contributed by atoms with Gasteiger partial charge in [-0.3, -0.25) is 9.59 Å². The summed E-state index contributed by atoms with van der Waals surface area (Å²) >= 11 is 8.86. The Morgan fingerprint density at radius 2 is 2.25 bits per heavy atom. The smallest absolute Gasteiger partial charge is 0.325 e. The Kier molecular flexibility index (Phi) is 4.26. The molecule has 0 bridgehead atoms. The fourth-order valence-electron chi connectivity index (χ4n) is 0.918. The summed E-state index contributed by atoms with van der Waals surface area (Å²) < 4.78 is 0.588. The van der Waals surface area contributed by atoms with Crippen molar-refractivity contribution in [1.29, 1.82) is 0 Å². The molecule has 1 aromatic heterocycles. The molecule has 1 unspecified atom stereocenters. The van der Waals surface area contributed by atoms with E-state index in [-0.39, 0.29) is 10.7 Å². The predicted molar refractivity (Wildman–Crippen MR) is 61.5 cm³/mol. The zero-order chi connectivity index (χ0) is 12.3. The van der Waals surface area contributed by atoms with Gasteiger partial charge in [0.25, 0.3) is 5.91 Å². The largest absolute Gasteiger partial charge is 0.480 e. The monoisotopic (exact) mass is 306 g/mol. The van der Waals surface area contributed by atoms with E-state index in [1.165, 1.54) is 19.2 Å². The second kappa shape index (κ2) is 5.27. The number of nitrogens with one attached hydrogen (secondary N) is 1. The summed E-state index contributed by atoms with van der Waals surface area (Å²) in [5.41, 5.74) is 0.129. The third kappa shape index (κ3) is 3.18. The molecule has 7 heteroatoms. The highest BCUT2D eigenvalue weighted by atomic mass is 79.9. The van der Waals surface area contributed by atoms with Gasteiger partial charge in [-0.2, -0.15) is 0 Å². The van der Waals surface area contributed by atoms with E-state index < -0.39 is 17.9 Å². The second-order valence-electron chi connectivity index (χ2n) is 3.03. The van der Waals surface area contributed by atoms with Crippen LogP contribution in [0.5, 0.6) is 0 Å². The highest BCUT2D eigenvalue weighted by molar-refractivity contribution is 9.10. The summed E-state index contributed by atoms with van der Waals surface area (Å²) in [6, 6.07) is 0.488. The molecular formula is C9H8BrClN2O3. The third-order valence-corrected chi connectivity index (χ3v) is 2.50. The van der Waals surface area contributed by atoms with Crippen LogP contribution in [0.4, 0.5) is 0 Å². The Balaban J connectivity index is 2.88. The Morgan fingerprint density at radius 1 is 1.62 bits per heavy atom. The van der Waals surface area contributed by atoms with Gasteiger partial charge in [-0.05, 0) is 28.9 Å². The number of aliphatic carboxylic acids is 1. The molecule has 0 spiro atoms. The maximum atomic E-state index is 11.6. The molecule has 0 aliphatic heterocycles. The lowest BCUT2D eigenvalue weighted by Gasteiger charge is -2.09. The molecule has 0 fully saturated rings. The number of carboxylic acid groups (broad SMARTS) is 1. The molecule has 0 aromatic carbocycles. The molecule has 16 heavy (non-hydrogen) atoms. The SMILES string of the molecule is CC(NC(=O)c1cc(Br)cnc1Cl)C(=O)O. The number of aromatic nitrogens is 1. The molecule has 1 atom stereocenters. The van der Waals surface area contributed by atoms with E-state index in [0.717, 1.165) is 0 Å². The maximum Gasteiger partial charge on any atom is 0.325 e. The molecule has 2 N–H and O–H groups in total. The van der Waals surface area contributed by atoms with Crippen molar-refractivity contribution in [3.8, 4) is 0 Å². The third-order valence-electron chi connectivity index (χ3n) is 1.77. The highest BCUT2D eigenvalue weighted by Gasteiger charge is 2.18. The van der Waals surface area contributed by atoms with E-state index in [0.29, 0.717) is 4.47 Å². The minimum absolute atomic E-state index is 0.0262. The number of halogens is 2. The first-order valence-electron chi connectivity index (χ1n) is 4.26. The number of hydrogen-bond donors (Lipinski definition) is 2. The standard InChI is InChI=1S/C9H8BrClN2O3/c1-4(9(15)16)13-8(14)6-2-5(10)3-12-7(6)11/h2-4H,1H3,(H,13,14)(H,15,16). The van der Waals surface area contributed by atoms with E-state index in [1.54, 1.807) is 0 Å². The molecule has 0 saturated heterocycles. The van der Waals surface area contributed by atoms with Gasteiger partial charge in [-0.1, -0.05) is 11.6 Å². The van der Waals surface area contributed by atoms with Crippen LogP contribution >= 0.6 is 27.5 Å². The number of pyridine rings is 1. The van der Waals surface area contributed by atoms with Crippen LogP contribution in [0.1, 0.15) is 17.3 Å². The van der Waals surface area contributed by atoms with Crippen molar-refractivity contribution < 1.29 is 14.7 Å². The van der Waals surface area contributed by atoms with Crippen molar-refractivity contribution in [2.45, 2.75) is 13.0 Å². The first-order chi connectivity index (χ1) is 7.41. The fourth-order valence-corrected chi connectivity index (χ4v) is 1.44. The Morgan fingerprint density at radius 3 is 2.81 bits per heavy atom. The topological polar surface area (TPSA) is 79.3 Å². The zero-order valence-electron chi connectivity index (χ0n) is 8.20. The Labute approximate surface area is 105 Å². The van der Waals surface area contributed by atoms with Crippen LogP contribution in [0.3, 0.4) is 0 Å². The summed E-state index contributed by atoms with van der Waals surface area (Å²) in [5, 5.41) is 10.9. The lowest BCUT2D eigenvalue weighted by Crippen LogP contribution is -2.38. The van der Waals surface area contributed by atoms with Crippen molar-refractivity contribution in [3.05, 3.63) is 27.5 Å². The van der Waals surface area contributed by atoms with Crippen LogP contribution in [0.15, 0.2) is 16.7 Å². The van der Waals surface area contributed by atoms with Gasteiger partial charge < -0.3 is 10.4 Å². The fraction of sp³-hybridized carbons (Fsp3) is 0.222. The molecule has 1 aromatic rings. The minimum atomic E-state index is -1.12. The molecule has 1 heterocycles. The lowest BCUT2D eigenvalue weighted by atomic mass is 10.2. The Hall–Kier alpha value is -1.14. The van der Waals surface area contributed by atoms with Crippen LogP contribution in [0.2, 0.25) is 5.15 Å². The number of carbonyl (C=O) groups is 2. The second-order valence-corrected chi connectivity index (χ2v) is 4.30. The highest BCUT2D eigenvalue weighted by Crippen LogP contribution is 2.17. The average Bonchev–Trinajstić information content (AvgIpc) is 2.21. The van der Waals surface area contributed by atoms with Gasteiger partial charge in [0.15, 0.2) is 0 Å². The van der Waals surface area contributed by atoms with Crippen LogP contribution < -0.4 is 5.32 Å². The average molecular weight is 308 g/mol. The number of amides is 1. The molecule has 0 radical (unpaired) electrons. The number of hydrogen-bond acceptors (Lipinski definition) is 3. The van der Waals surface area contributed by atoms with Gasteiger partial charge in [0.2, 0.25) is 0 Å². The maximum absolute atomic E-state index is 11.6. The number of nitrogens with zero attached hydrogens (tertiary/aromatic N) is 1. The van der Waals surface area contributed by atoms with E-state index in [4.69, 9.17) is 16.7 Å². The first-order valence-corrected chi connectivity index (χ1v) is 5.43. The molecule has 1 amide bonds. The molecule has 0 saturated carbocycles. The number of rotatable bonds is 3. The number of carboxylic acids is 1. The van der Waals surface area contributed by atoms with Crippen molar-refractivity contribution >= 4 is 39.4 Å². The summed E-state index contributed by atoms with van der Waals surface area (Å²) in [7, 11) is 0. The van der Waals surface area contributed by atoms with Crippen LogP contribution in [-0.2, 0) is 4.79 Å². The van der Waals surface area contributed by atoms with Crippen molar-refractivity contribution in [1.82, 2.24) is 10.3 Å². The van der Waals surface area contributed by atoms with Gasteiger partial charge in [0.05, 0.1) is 5.56 Å².